The van der Waals surface area contributed by atoms with E-state index < -0.39 is 11.7 Å². The van der Waals surface area contributed by atoms with Gasteiger partial charge in [-0.15, -0.1) is 0 Å². The molecule has 0 aliphatic carbocycles. The second-order valence-corrected chi connectivity index (χ2v) is 4.70. The van der Waals surface area contributed by atoms with E-state index in [1.165, 1.54) is 0 Å². The summed E-state index contributed by atoms with van der Waals surface area (Å²) >= 11 is 5.78. The number of benzene rings is 1. The largest absolute Gasteiger partial charge is 0.443 e. The SMILES string of the molecule is CC(C)(C)OC(=O)NNc1cccc(Cl)c1. The van der Waals surface area contributed by atoms with Crippen molar-refractivity contribution in [2.75, 3.05) is 5.43 Å². The van der Waals surface area contributed by atoms with Crippen LogP contribution >= 0.6 is 11.6 Å². The molecule has 1 aromatic rings. The van der Waals surface area contributed by atoms with Crippen molar-refractivity contribution in [2.24, 2.45) is 0 Å². The molecule has 1 aromatic carbocycles. The van der Waals surface area contributed by atoms with Gasteiger partial charge < -0.3 is 4.74 Å². The zero-order valence-corrected chi connectivity index (χ0v) is 10.3. The molecule has 0 saturated heterocycles. The molecule has 1 amide bonds. The monoisotopic (exact) mass is 242 g/mol. The minimum Gasteiger partial charge on any atom is -0.443 e. The van der Waals surface area contributed by atoms with Crippen LogP contribution in [0.4, 0.5) is 10.5 Å². The Kier molecular flexibility index (Phi) is 4.01. The lowest BCUT2D eigenvalue weighted by Gasteiger charge is -2.20. The molecule has 0 spiro atoms. The fourth-order valence-corrected chi connectivity index (χ4v) is 1.18. The lowest BCUT2D eigenvalue weighted by atomic mass is 10.2. The topological polar surface area (TPSA) is 50.4 Å². The highest BCUT2D eigenvalue weighted by Gasteiger charge is 2.15. The van der Waals surface area contributed by atoms with Crippen LogP contribution in [0.3, 0.4) is 0 Å². The summed E-state index contributed by atoms with van der Waals surface area (Å²) in [6.07, 6.45) is -0.535. The Morgan fingerprint density at radius 3 is 2.62 bits per heavy atom. The number of anilines is 1. The molecule has 0 fully saturated rings. The van der Waals surface area contributed by atoms with E-state index in [-0.39, 0.29) is 0 Å². The number of nitrogens with one attached hydrogen (secondary N) is 2. The van der Waals surface area contributed by atoms with Gasteiger partial charge in [0.2, 0.25) is 0 Å². The first-order valence-electron chi connectivity index (χ1n) is 4.87. The highest BCUT2D eigenvalue weighted by molar-refractivity contribution is 6.30. The van der Waals surface area contributed by atoms with Gasteiger partial charge in [0.1, 0.15) is 5.60 Å². The number of carbonyl (C=O) groups excluding carboxylic acids is 1. The van der Waals surface area contributed by atoms with Crippen LogP contribution in [0.2, 0.25) is 5.02 Å². The number of ether oxygens (including phenoxy) is 1. The van der Waals surface area contributed by atoms with Crippen molar-refractivity contribution in [1.29, 1.82) is 0 Å². The van der Waals surface area contributed by atoms with Crippen molar-refractivity contribution in [3.8, 4) is 0 Å². The van der Waals surface area contributed by atoms with E-state index in [4.69, 9.17) is 16.3 Å². The van der Waals surface area contributed by atoms with Gasteiger partial charge in [0.15, 0.2) is 0 Å². The molecule has 0 atom stereocenters. The van der Waals surface area contributed by atoms with E-state index in [1.807, 2.05) is 0 Å². The van der Waals surface area contributed by atoms with Crippen LogP contribution < -0.4 is 10.9 Å². The zero-order chi connectivity index (χ0) is 12.2. The molecule has 2 N–H and O–H groups in total. The quantitative estimate of drug-likeness (QED) is 0.783. The van der Waals surface area contributed by atoms with Crippen molar-refractivity contribution in [3.63, 3.8) is 0 Å². The first-order chi connectivity index (χ1) is 7.37. The smallest absolute Gasteiger partial charge is 0.426 e. The Bertz CT molecular complexity index is 374. The number of hydrogen-bond donors (Lipinski definition) is 2. The van der Waals surface area contributed by atoms with Crippen LogP contribution in [-0.2, 0) is 4.74 Å². The van der Waals surface area contributed by atoms with Crippen molar-refractivity contribution in [3.05, 3.63) is 29.3 Å². The molecule has 0 bridgehead atoms. The first-order valence-corrected chi connectivity index (χ1v) is 5.25. The Morgan fingerprint density at radius 2 is 2.06 bits per heavy atom. The molecule has 0 radical (unpaired) electrons. The Labute approximate surface area is 99.9 Å². The van der Waals surface area contributed by atoms with Gasteiger partial charge in [-0.25, -0.2) is 10.2 Å². The predicted octanol–water partition coefficient (Wildman–Crippen LogP) is 3.19. The summed E-state index contributed by atoms with van der Waals surface area (Å²) in [5.41, 5.74) is 5.29. The minimum absolute atomic E-state index is 0.514. The average molecular weight is 243 g/mol. The first kappa shape index (κ1) is 12.6. The van der Waals surface area contributed by atoms with Crippen molar-refractivity contribution in [2.45, 2.75) is 26.4 Å². The molecule has 0 saturated carbocycles. The van der Waals surface area contributed by atoms with E-state index >= 15 is 0 Å². The number of halogens is 1. The lowest BCUT2D eigenvalue weighted by Crippen LogP contribution is -2.35. The normalized spacial score (nSPS) is 10.8. The van der Waals surface area contributed by atoms with Crippen molar-refractivity contribution >= 4 is 23.4 Å². The third kappa shape index (κ3) is 4.89. The van der Waals surface area contributed by atoms with Crippen LogP contribution in [-0.4, -0.2) is 11.7 Å². The van der Waals surface area contributed by atoms with Crippen LogP contribution in [0.25, 0.3) is 0 Å². The van der Waals surface area contributed by atoms with Crippen molar-refractivity contribution < 1.29 is 9.53 Å². The number of hydrogen-bond acceptors (Lipinski definition) is 3. The maximum absolute atomic E-state index is 11.3. The van der Waals surface area contributed by atoms with Crippen LogP contribution in [0.5, 0.6) is 0 Å². The van der Waals surface area contributed by atoms with Crippen molar-refractivity contribution in [1.82, 2.24) is 5.43 Å². The molecule has 0 aliphatic heterocycles. The summed E-state index contributed by atoms with van der Waals surface area (Å²) < 4.78 is 5.04. The van der Waals surface area contributed by atoms with Crippen LogP contribution in [0.15, 0.2) is 24.3 Å². The zero-order valence-electron chi connectivity index (χ0n) is 9.50. The molecular formula is C11H15ClN2O2. The van der Waals surface area contributed by atoms with Gasteiger partial charge in [0.05, 0.1) is 5.69 Å². The number of rotatable bonds is 2. The van der Waals surface area contributed by atoms with Gasteiger partial charge in [-0.1, -0.05) is 17.7 Å². The Morgan fingerprint density at radius 1 is 1.38 bits per heavy atom. The van der Waals surface area contributed by atoms with E-state index in [0.29, 0.717) is 10.7 Å². The highest BCUT2D eigenvalue weighted by atomic mass is 35.5. The summed E-state index contributed by atoms with van der Waals surface area (Å²) in [6.45, 7) is 5.39. The van der Waals surface area contributed by atoms with Gasteiger partial charge in [0, 0.05) is 5.02 Å². The Hall–Kier alpha value is -1.42. The molecule has 88 valence electrons. The van der Waals surface area contributed by atoms with Crippen LogP contribution in [0.1, 0.15) is 20.8 Å². The summed E-state index contributed by atoms with van der Waals surface area (Å²) in [5.74, 6) is 0. The number of amides is 1. The van der Waals surface area contributed by atoms with Gasteiger partial charge in [-0.2, -0.15) is 0 Å². The second kappa shape index (κ2) is 5.07. The molecule has 4 nitrogen and oxygen atoms in total. The van der Waals surface area contributed by atoms with Gasteiger partial charge in [-0.3, -0.25) is 5.43 Å². The molecule has 1 rings (SSSR count). The Balaban J connectivity index is 2.43. The molecule has 0 aliphatic rings. The van der Waals surface area contributed by atoms with E-state index in [2.05, 4.69) is 10.9 Å². The fourth-order valence-electron chi connectivity index (χ4n) is 0.993. The summed E-state index contributed by atoms with van der Waals surface area (Å²) in [7, 11) is 0. The summed E-state index contributed by atoms with van der Waals surface area (Å²) in [4.78, 5) is 11.3. The third-order valence-corrected chi connectivity index (χ3v) is 1.77. The highest BCUT2D eigenvalue weighted by Crippen LogP contribution is 2.14. The lowest BCUT2D eigenvalue weighted by molar-refractivity contribution is 0.0541. The van der Waals surface area contributed by atoms with E-state index in [0.717, 1.165) is 0 Å². The fraction of sp³-hybridized carbons (Fsp3) is 0.364. The maximum Gasteiger partial charge on any atom is 0.426 e. The van der Waals surface area contributed by atoms with Crippen LogP contribution in [0, 0.1) is 0 Å². The van der Waals surface area contributed by atoms with E-state index in [1.54, 1.807) is 45.0 Å². The molecular weight excluding hydrogens is 228 g/mol. The standard InChI is InChI=1S/C11H15ClN2O2/c1-11(2,3)16-10(15)14-13-9-6-4-5-8(12)7-9/h4-7,13H,1-3H3,(H,14,15). The third-order valence-electron chi connectivity index (χ3n) is 1.53. The molecule has 0 heterocycles. The number of hydrazine groups is 1. The minimum atomic E-state index is -0.535. The summed E-state index contributed by atoms with van der Waals surface area (Å²) in [5, 5.41) is 0.594. The molecule has 0 aromatic heterocycles. The van der Waals surface area contributed by atoms with Gasteiger partial charge in [0.25, 0.3) is 0 Å². The second-order valence-electron chi connectivity index (χ2n) is 4.26. The number of carbonyl (C=O) groups is 1. The van der Waals surface area contributed by atoms with Gasteiger partial charge >= 0.3 is 6.09 Å². The summed E-state index contributed by atoms with van der Waals surface area (Å²) in [6, 6.07) is 7.00. The predicted molar refractivity (Wildman–Crippen MR) is 64.4 cm³/mol. The van der Waals surface area contributed by atoms with E-state index in [9.17, 15) is 4.79 Å². The maximum atomic E-state index is 11.3. The molecule has 16 heavy (non-hydrogen) atoms. The molecule has 0 unspecified atom stereocenters. The van der Waals surface area contributed by atoms with Gasteiger partial charge in [-0.05, 0) is 39.0 Å². The average Bonchev–Trinajstić information content (AvgIpc) is 2.12. The molecule has 5 heteroatoms.